The smallest absolute Gasteiger partial charge is 0.124 e. The highest BCUT2D eigenvalue weighted by Gasteiger charge is 2.34. The molecule has 0 aliphatic carbocycles. The maximum Gasteiger partial charge on any atom is 0.124 e. The zero-order chi connectivity index (χ0) is 13.1. The van der Waals surface area contributed by atoms with E-state index in [2.05, 4.69) is 28.4 Å². The molecule has 4 nitrogen and oxygen atoms in total. The predicted octanol–water partition coefficient (Wildman–Crippen LogP) is 1.43. The first kappa shape index (κ1) is 12.9. The lowest BCUT2D eigenvalue weighted by molar-refractivity contribution is 0.0804. The van der Waals surface area contributed by atoms with Crippen LogP contribution in [0.25, 0.3) is 0 Å². The number of hydrogen-bond donors (Lipinski definition) is 1. The Morgan fingerprint density at radius 3 is 3.00 bits per heavy atom. The van der Waals surface area contributed by atoms with Crippen LogP contribution in [0.2, 0.25) is 0 Å². The molecule has 2 atom stereocenters. The molecule has 104 valence electrons. The third-order valence-corrected chi connectivity index (χ3v) is 4.09. The highest BCUT2D eigenvalue weighted by molar-refractivity contribution is 5.38. The summed E-state index contributed by atoms with van der Waals surface area (Å²) in [6.45, 7) is 4.55. The molecule has 19 heavy (non-hydrogen) atoms. The van der Waals surface area contributed by atoms with Crippen LogP contribution < -0.4 is 10.1 Å². The van der Waals surface area contributed by atoms with E-state index in [1.807, 2.05) is 13.1 Å². The number of rotatable bonds is 2. The van der Waals surface area contributed by atoms with E-state index in [9.17, 15) is 0 Å². The van der Waals surface area contributed by atoms with E-state index < -0.39 is 0 Å². The van der Waals surface area contributed by atoms with E-state index in [4.69, 9.17) is 9.47 Å². The van der Waals surface area contributed by atoms with E-state index in [-0.39, 0.29) is 0 Å². The van der Waals surface area contributed by atoms with E-state index >= 15 is 0 Å². The van der Waals surface area contributed by atoms with Crippen LogP contribution in [-0.2, 0) is 4.74 Å². The molecule has 0 aromatic heterocycles. The van der Waals surface area contributed by atoms with Crippen molar-refractivity contribution < 1.29 is 9.47 Å². The molecule has 2 unspecified atom stereocenters. The van der Waals surface area contributed by atoms with Crippen LogP contribution in [-0.4, -0.2) is 50.9 Å². The minimum Gasteiger partial charge on any atom is -0.492 e. The van der Waals surface area contributed by atoms with Crippen LogP contribution in [0, 0.1) is 0 Å². The van der Waals surface area contributed by atoms with Crippen molar-refractivity contribution in [3.63, 3.8) is 0 Å². The van der Waals surface area contributed by atoms with Gasteiger partial charge in [0.15, 0.2) is 0 Å². The average Bonchev–Trinajstić information content (AvgIpc) is 2.75. The van der Waals surface area contributed by atoms with Crippen LogP contribution in [0.15, 0.2) is 24.3 Å². The lowest BCUT2D eigenvalue weighted by atomic mass is 9.95. The van der Waals surface area contributed by atoms with Crippen LogP contribution in [0.1, 0.15) is 18.0 Å². The number of fused-ring (bicyclic) bond motifs is 1. The molecule has 0 spiro atoms. The molecular formula is C15H22N2O2. The molecule has 1 saturated heterocycles. The number of likely N-dealkylation sites (N-methyl/N-ethyl adjacent to an activating group) is 1. The maximum atomic E-state index is 5.94. The summed E-state index contributed by atoms with van der Waals surface area (Å²) in [5.41, 5.74) is 1.27. The number of nitrogens with zero attached hydrogens (tertiary/aromatic N) is 1. The van der Waals surface area contributed by atoms with Crippen LogP contribution in [0.5, 0.6) is 5.75 Å². The van der Waals surface area contributed by atoms with Crippen molar-refractivity contribution in [2.24, 2.45) is 0 Å². The summed E-state index contributed by atoms with van der Waals surface area (Å²) in [5, 5.41) is 3.47. The largest absolute Gasteiger partial charge is 0.492 e. The van der Waals surface area contributed by atoms with Crippen molar-refractivity contribution in [1.29, 1.82) is 0 Å². The average molecular weight is 262 g/mol. The fraction of sp³-hybridized carbons (Fsp3) is 0.600. The monoisotopic (exact) mass is 262 g/mol. The Morgan fingerprint density at radius 2 is 2.11 bits per heavy atom. The topological polar surface area (TPSA) is 33.7 Å². The number of ether oxygens (including phenoxy) is 2. The van der Waals surface area contributed by atoms with Gasteiger partial charge in [-0.1, -0.05) is 18.2 Å². The molecule has 1 aromatic rings. The number of benzene rings is 1. The zero-order valence-corrected chi connectivity index (χ0v) is 11.5. The van der Waals surface area contributed by atoms with Gasteiger partial charge in [-0.05, 0) is 19.5 Å². The minimum absolute atomic E-state index is 0.336. The van der Waals surface area contributed by atoms with Gasteiger partial charge in [0.1, 0.15) is 12.4 Å². The van der Waals surface area contributed by atoms with Gasteiger partial charge < -0.3 is 14.8 Å². The summed E-state index contributed by atoms with van der Waals surface area (Å²) < 4.78 is 11.5. The van der Waals surface area contributed by atoms with Gasteiger partial charge in [0, 0.05) is 25.3 Å². The van der Waals surface area contributed by atoms with Gasteiger partial charge in [-0.15, -0.1) is 0 Å². The summed E-state index contributed by atoms with van der Waals surface area (Å²) in [7, 11) is 2.04. The van der Waals surface area contributed by atoms with E-state index in [0.717, 1.165) is 45.1 Å². The molecule has 3 rings (SSSR count). The fourth-order valence-corrected chi connectivity index (χ4v) is 3.11. The van der Waals surface area contributed by atoms with Gasteiger partial charge in [0.2, 0.25) is 0 Å². The Balaban J connectivity index is 1.82. The van der Waals surface area contributed by atoms with Crippen molar-refractivity contribution in [2.45, 2.75) is 18.5 Å². The summed E-state index contributed by atoms with van der Waals surface area (Å²) in [6.07, 6.45) is 1.11. The predicted molar refractivity (Wildman–Crippen MR) is 74.5 cm³/mol. The molecule has 0 amide bonds. The van der Waals surface area contributed by atoms with Gasteiger partial charge in [-0.3, -0.25) is 4.90 Å². The molecule has 0 radical (unpaired) electrons. The van der Waals surface area contributed by atoms with Gasteiger partial charge in [0.05, 0.1) is 18.7 Å². The molecule has 2 heterocycles. The molecule has 2 aliphatic heterocycles. The van der Waals surface area contributed by atoms with Gasteiger partial charge >= 0.3 is 0 Å². The summed E-state index contributed by atoms with van der Waals surface area (Å²) in [4.78, 5) is 2.50. The summed E-state index contributed by atoms with van der Waals surface area (Å²) >= 11 is 0. The van der Waals surface area contributed by atoms with E-state index in [0.29, 0.717) is 12.1 Å². The Labute approximate surface area is 114 Å². The molecule has 4 heteroatoms. The van der Waals surface area contributed by atoms with Crippen LogP contribution in [0.3, 0.4) is 0 Å². The second kappa shape index (κ2) is 5.90. The number of para-hydroxylation sites is 1. The molecule has 2 aliphatic rings. The number of nitrogens with one attached hydrogen (secondary N) is 1. The molecule has 0 bridgehead atoms. The lowest BCUT2D eigenvalue weighted by Crippen LogP contribution is -2.50. The van der Waals surface area contributed by atoms with Crippen molar-refractivity contribution in [3.05, 3.63) is 29.8 Å². The Hall–Kier alpha value is -1.10. The third kappa shape index (κ3) is 2.61. The number of hydrogen-bond acceptors (Lipinski definition) is 4. The van der Waals surface area contributed by atoms with Gasteiger partial charge in [-0.25, -0.2) is 0 Å². The molecular weight excluding hydrogens is 240 g/mol. The first-order valence-corrected chi connectivity index (χ1v) is 7.11. The highest BCUT2D eigenvalue weighted by atomic mass is 16.5. The fourth-order valence-electron chi connectivity index (χ4n) is 3.11. The second-order valence-electron chi connectivity index (χ2n) is 5.18. The first-order valence-electron chi connectivity index (χ1n) is 7.11. The van der Waals surface area contributed by atoms with Gasteiger partial charge in [-0.2, -0.15) is 0 Å². The molecule has 1 N–H and O–H groups in total. The van der Waals surface area contributed by atoms with E-state index in [1.165, 1.54) is 5.56 Å². The Morgan fingerprint density at radius 1 is 1.21 bits per heavy atom. The second-order valence-corrected chi connectivity index (χ2v) is 5.18. The molecule has 1 aromatic carbocycles. The third-order valence-electron chi connectivity index (χ3n) is 4.09. The lowest BCUT2D eigenvalue weighted by Gasteiger charge is -2.40. The van der Waals surface area contributed by atoms with Crippen molar-refractivity contribution in [1.82, 2.24) is 10.2 Å². The van der Waals surface area contributed by atoms with Gasteiger partial charge in [0.25, 0.3) is 0 Å². The minimum atomic E-state index is 0.336. The van der Waals surface area contributed by atoms with Crippen LogP contribution in [0.4, 0.5) is 0 Å². The first-order chi connectivity index (χ1) is 9.40. The zero-order valence-electron chi connectivity index (χ0n) is 11.5. The van der Waals surface area contributed by atoms with E-state index in [1.54, 1.807) is 0 Å². The summed E-state index contributed by atoms with van der Waals surface area (Å²) in [6, 6.07) is 9.06. The van der Waals surface area contributed by atoms with Crippen molar-refractivity contribution in [3.8, 4) is 5.75 Å². The SMILES string of the molecule is CNC1c2ccccc2OCC1N1CCCOCC1. The van der Waals surface area contributed by atoms with Crippen LogP contribution >= 0.6 is 0 Å². The quantitative estimate of drug-likeness (QED) is 0.874. The molecule has 0 saturated carbocycles. The molecule has 1 fully saturated rings. The Bertz CT molecular complexity index is 416. The Kier molecular flexibility index (Phi) is 4.01. The summed E-state index contributed by atoms with van der Waals surface area (Å²) in [5.74, 6) is 1.02. The highest BCUT2D eigenvalue weighted by Crippen LogP contribution is 2.34. The normalized spacial score (nSPS) is 28.3. The van der Waals surface area contributed by atoms with Crippen molar-refractivity contribution in [2.75, 3.05) is 40.0 Å². The van der Waals surface area contributed by atoms with Crippen molar-refractivity contribution >= 4 is 0 Å². The standard InChI is InChI=1S/C15H22N2O2/c1-16-15-12-5-2-3-6-14(12)19-11-13(15)17-7-4-9-18-10-8-17/h2-3,5-6,13,15-16H,4,7-11H2,1H3. The maximum absolute atomic E-state index is 5.94.